The fourth-order valence-corrected chi connectivity index (χ4v) is 3.80. The molecule has 0 saturated carbocycles. The zero-order chi connectivity index (χ0) is 23.2. The molecule has 0 aliphatic carbocycles. The van der Waals surface area contributed by atoms with Crippen LogP contribution in [0, 0.1) is 5.82 Å². The highest BCUT2D eigenvalue weighted by molar-refractivity contribution is 6.00. The molecule has 2 aromatic heterocycles. The Kier molecular flexibility index (Phi) is 7.14. The number of ether oxygens (including phenoxy) is 1. The molecule has 0 bridgehead atoms. The molecule has 2 heterocycles. The van der Waals surface area contributed by atoms with Gasteiger partial charge in [-0.05, 0) is 57.2 Å². The monoisotopic (exact) mass is 449 g/mol. The van der Waals surface area contributed by atoms with Gasteiger partial charge in [0.05, 0.1) is 34.7 Å². The van der Waals surface area contributed by atoms with Crippen molar-refractivity contribution in [2.24, 2.45) is 5.16 Å². The normalized spacial score (nSPS) is 11.9. The summed E-state index contributed by atoms with van der Waals surface area (Å²) in [4.78, 5) is 10.3. The van der Waals surface area contributed by atoms with Gasteiger partial charge >= 0.3 is 0 Å². The van der Waals surface area contributed by atoms with Crippen molar-refractivity contribution in [3.63, 3.8) is 0 Å². The molecule has 0 N–H and O–H groups in total. The largest absolute Gasteiger partial charge is 0.393 e. The van der Waals surface area contributed by atoms with Crippen LogP contribution in [-0.2, 0) is 22.5 Å². The Morgan fingerprint density at radius 1 is 1.09 bits per heavy atom. The van der Waals surface area contributed by atoms with Crippen LogP contribution in [0.4, 0.5) is 4.39 Å². The van der Waals surface area contributed by atoms with E-state index in [1.54, 1.807) is 16.9 Å². The van der Waals surface area contributed by atoms with E-state index in [2.05, 4.69) is 27.8 Å². The van der Waals surface area contributed by atoms with Crippen molar-refractivity contribution in [2.45, 2.75) is 33.7 Å². The maximum Gasteiger partial charge on any atom is 0.140 e. The first-order valence-electron chi connectivity index (χ1n) is 11.1. The summed E-state index contributed by atoms with van der Waals surface area (Å²) >= 11 is 0. The first kappa shape index (κ1) is 22.7. The minimum atomic E-state index is -0.291. The first-order valence-corrected chi connectivity index (χ1v) is 11.1. The van der Waals surface area contributed by atoms with Gasteiger partial charge in [0.2, 0.25) is 0 Å². The third kappa shape index (κ3) is 5.12. The van der Waals surface area contributed by atoms with Crippen molar-refractivity contribution >= 4 is 16.7 Å². The molecular formula is C25H28FN5O2. The van der Waals surface area contributed by atoms with Crippen LogP contribution in [0.25, 0.3) is 16.7 Å². The van der Waals surface area contributed by atoms with E-state index >= 15 is 0 Å². The summed E-state index contributed by atoms with van der Waals surface area (Å²) < 4.78 is 22.9. The minimum absolute atomic E-state index is 0.291. The third-order valence-corrected chi connectivity index (χ3v) is 5.40. The molecule has 0 unspecified atom stereocenters. The summed E-state index contributed by atoms with van der Waals surface area (Å²) in [5, 5.41) is 8.59. The Bertz CT molecular complexity index is 1260. The van der Waals surface area contributed by atoms with Gasteiger partial charge in [-0.3, -0.25) is 0 Å². The number of oxime groups is 1. The fourth-order valence-electron chi connectivity index (χ4n) is 3.80. The summed E-state index contributed by atoms with van der Waals surface area (Å²) in [6.45, 7) is 8.34. The Hall–Kier alpha value is -3.52. The van der Waals surface area contributed by atoms with E-state index < -0.39 is 0 Å². The molecule has 4 aromatic rings. The Morgan fingerprint density at radius 3 is 2.76 bits per heavy atom. The average molecular weight is 450 g/mol. The molecule has 0 spiro atoms. The number of nitrogens with zero attached hydrogens (tertiary/aromatic N) is 5. The van der Waals surface area contributed by atoms with Crippen LogP contribution in [0.3, 0.4) is 0 Å². The lowest BCUT2D eigenvalue weighted by Gasteiger charge is -2.09. The van der Waals surface area contributed by atoms with E-state index in [1.807, 2.05) is 38.1 Å². The standard InChI is InChI=1S/C25H28FN5O2/c1-4-30-24-10-9-19(18(3)29-33-14-13-32-5-2)15-23(24)28-25(30)17-22-11-12-27-31(22)21-8-6-7-20(26)16-21/h6-12,15-16H,4-5,13-14,17H2,1-3H3. The van der Waals surface area contributed by atoms with E-state index in [0.717, 1.165) is 40.4 Å². The quantitative estimate of drug-likeness (QED) is 0.199. The van der Waals surface area contributed by atoms with Crippen molar-refractivity contribution in [2.75, 3.05) is 19.8 Å². The third-order valence-electron chi connectivity index (χ3n) is 5.40. The van der Waals surface area contributed by atoms with Crippen LogP contribution >= 0.6 is 0 Å². The molecular weight excluding hydrogens is 421 g/mol. The average Bonchev–Trinajstić information content (AvgIpc) is 3.42. The van der Waals surface area contributed by atoms with E-state index in [-0.39, 0.29) is 5.82 Å². The number of hydrogen-bond acceptors (Lipinski definition) is 5. The van der Waals surface area contributed by atoms with Crippen LogP contribution in [0.5, 0.6) is 0 Å². The van der Waals surface area contributed by atoms with E-state index in [0.29, 0.717) is 31.9 Å². The number of imidazole rings is 1. The topological polar surface area (TPSA) is 66.5 Å². The Balaban J connectivity index is 1.60. The zero-order valence-electron chi connectivity index (χ0n) is 19.2. The molecule has 4 rings (SSSR count). The van der Waals surface area contributed by atoms with Gasteiger partial charge in [0.1, 0.15) is 18.2 Å². The van der Waals surface area contributed by atoms with Crippen LogP contribution < -0.4 is 0 Å². The van der Waals surface area contributed by atoms with Gasteiger partial charge in [0.25, 0.3) is 0 Å². The molecule has 33 heavy (non-hydrogen) atoms. The van der Waals surface area contributed by atoms with E-state index in [9.17, 15) is 4.39 Å². The number of aryl methyl sites for hydroxylation is 1. The van der Waals surface area contributed by atoms with Gasteiger partial charge < -0.3 is 14.1 Å². The van der Waals surface area contributed by atoms with Gasteiger partial charge in [0.15, 0.2) is 0 Å². The second-order valence-corrected chi connectivity index (χ2v) is 7.57. The van der Waals surface area contributed by atoms with Crippen molar-refractivity contribution in [3.8, 4) is 5.69 Å². The summed E-state index contributed by atoms with van der Waals surface area (Å²) in [5.74, 6) is 0.631. The van der Waals surface area contributed by atoms with Crippen molar-refractivity contribution in [3.05, 3.63) is 77.6 Å². The van der Waals surface area contributed by atoms with Gasteiger partial charge in [0, 0.05) is 31.3 Å². The minimum Gasteiger partial charge on any atom is -0.393 e. The zero-order valence-corrected chi connectivity index (χ0v) is 19.2. The number of rotatable bonds is 10. The molecule has 172 valence electrons. The van der Waals surface area contributed by atoms with Crippen molar-refractivity contribution in [1.82, 2.24) is 19.3 Å². The van der Waals surface area contributed by atoms with Crippen LogP contribution in [0.1, 0.15) is 37.9 Å². The fraction of sp³-hybridized carbons (Fsp3) is 0.320. The molecule has 0 aliphatic rings. The molecule has 0 aliphatic heterocycles. The number of benzene rings is 2. The van der Waals surface area contributed by atoms with E-state index in [1.165, 1.54) is 12.1 Å². The summed E-state index contributed by atoms with van der Waals surface area (Å²) in [5.41, 5.74) is 5.31. The molecule has 2 aromatic carbocycles. The highest BCUT2D eigenvalue weighted by Crippen LogP contribution is 2.22. The van der Waals surface area contributed by atoms with Crippen molar-refractivity contribution in [1.29, 1.82) is 0 Å². The molecule has 0 atom stereocenters. The molecule has 7 nitrogen and oxygen atoms in total. The van der Waals surface area contributed by atoms with Gasteiger partial charge in [-0.1, -0.05) is 17.3 Å². The predicted octanol–water partition coefficient (Wildman–Crippen LogP) is 4.75. The number of aromatic nitrogens is 4. The Labute approximate surface area is 192 Å². The molecule has 0 fully saturated rings. The van der Waals surface area contributed by atoms with Crippen molar-refractivity contribution < 1.29 is 14.0 Å². The molecule has 8 heteroatoms. The lowest BCUT2D eigenvalue weighted by Crippen LogP contribution is -2.07. The van der Waals surface area contributed by atoms with Crippen LogP contribution in [0.15, 0.2) is 59.9 Å². The second-order valence-electron chi connectivity index (χ2n) is 7.57. The van der Waals surface area contributed by atoms with E-state index in [4.69, 9.17) is 14.6 Å². The highest BCUT2D eigenvalue weighted by atomic mass is 19.1. The summed E-state index contributed by atoms with van der Waals surface area (Å²) in [7, 11) is 0. The highest BCUT2D eigenvalue weighted by Gasteiger charge is 2.15. The second kappa shape index (κ2) is 10.4. The molecule has 0 saturated heterocycles. The van der Waals surface area contributed by atoms with Gasteiger partial charge in [-0.25, -0.2) is 14.1 Å². The first-order chi connectivity index (χ1) is 16.1. The summed E-state index contributed by atoms with van der Waals surface area (Å²) in [6, 6.07) is 14.5. The van der Waals surface area contributed by atoms with Crippen LogP contribution in [-0.4, -0.2) is 44.9 Å². The smallest absolute Gasteiger partial charge is 0.140 e. The lowest BCUT2D eigenvalue weighted by molar-refractivity contribution is 0.0562. The number of halogens is 1. The molecule has 0 amide bonds. The maximum atomic E-state index is 13.7. The number of fused-ring (bicyclic) bond motifs is 1. The lowest BCUT2D eigenvalue weighted by atomic mass is 10.1. The van der Waals surface area contributed by atoms with Gasteiger partial charge in [-0.2, -0.15) is 5.10 Å². The predicted molar refractivity (Wildman–Crippen MR) is 126 cm³/mol. The number of hydrogen-bond donors (Lipinski definition) is 0. The molecule has 0 radical (unpaired) electrons. The van der Waals surface area contributed by atoms with Crippen LogP contribution in [0.2, 0.25) is 0 Å². The SMILES string of the molecule is CCOCCON=C(C)c1ccc2c(c1)nc(Cc1ccnn1-c1cccc(F)c1)n2CC. The summed E-state index contributed by atoms with van der Waals surface area (Å²) in [6.07, 6.45) is 2.30. The Morgan fingerprint density at radius 2 is 1.97 bits per heavy atom. The maximum absolute atomic E-state index is 13.7. The van der Waals surface area contributed by atoms with Gasteiger partial charge in [-0.15, -0.1) is 0 Å².